The fourth-order valence-corrected chi connectivity index (χ4v) is 3.08. The number of benzene rings is 2. The second kappa shape index (κ2) is 8.84. The molecule has 0 spiro atoms. The van der Waals surface area contributed by atoms with Gasteiger partial charge in [-0.3, -0.25) is 9.59 Å². The Labute approximate surface area is 158 Å². The summed E-state index contributed by atoms with van der Waals surface area (Å²) in [6.45, 7) is 0.427. The van der Waals surface area contributed by atoms with Crippen molar-refractivity contribution in [3.63, 3.8) is 0 Å². The highest BCUT2D eigenvalue weighted by Gasteiger charge is 2.48. The lowest BCUT2D eigenvalue weighted by Crippen LogP contribution is -2.48. The lowest BCUT2D eigenvalue weighted by molar-refractivity contribution is -0.127. The van der Waals surface area contributed by atoms with Crippen molar-refractivity contribution in [1.29, 1.82) is 0 Å². The van der Waals surface area contributed by atoms with Crippen LogP contribution in [0.15, 0.2) is 60.7 Å². The van der Waals surface area contributed by atoms with E-state index in [0.717, 1.165) is 11.1 Å². The minimum Gasteiger partial charge on any atom is -0.426 e. The molecule has 2 amide bonds. The van der Waals surface area contributed by atoms with E-state index >= 15 is 0 Å². The van der Waals surface area contributed by atoms with Crippen LogP contribution in [-0.4, -0.2) is 34.9 Å². The molecule has 3 atom stereocenters. The van der Waals surface area contributed by atoms with E-state index in [1.807, 2.05) is 60.7 Å². The van der Waals surface area contributed by atoms with Crippen molar-refractivity contribution in [3.8, 4) is 0 Å². The molecule has 0 radical (unpaired) electrons. The first-order chi connectivity index (χ1) is 13.0. The van der Waals surface area contributed by atoms with Crippen LogP contribution in [0.1, 0.15) is 17.5 Å². The van der Waals surface area contributed by atoms with Crippen molar-refractivity contribution in [2.75, 3.05) is 0 Å². The summed E-state index contributed by atoms with van der Waals surface area (Å²) in [4.78, 5) is 24.6. The van der Waals surface area contributed by atoms with Crippen molar-refractivity contribution in [1.82, 2.24) is 10.6 Å². The lowest BCUT2D eigenvalue weighted by Gasteiger charge is -2.18. The molecule has 2 aromatic carbocycles. The quantitative estimate of drug-likeness (QED) is 0.517. The second-order valence-corrected chi connectivity index (χ2v) is 6.87. The van der Waals surface area contributed by atoms with Gasteiger partial charge in [0, 0.05) is 6.54 Å². The molecule has 140 valence electrons. The van der Waals surface area contributed by atoms with Crippen LogP contribution in [0.4, 0.5) is 0 Å². The van der Waals surface area contributed by atoms with Gasteiger partial charge in [0.25, 0.3) is 0 Å². The van der Waals surface area contributed by atoms with Gasteiger partial charge < -0.3 is 20.7 Å². The number of hydrogen-bond acceptors (Lipinski definition) is 4. The van der Waals surface area contributed by atoms with Crippen molar-refractivity contribution in [2.45, 2.75) is 25.3 Å². The molecule has 6 nitrogen and oxygen atoms in total. The highest BCUT2D eigenvalue weighted by atomic mass is 16.4. The molecular weight excluding hydrogens is 343 g/mol. The lowest BCUT2D eigenvalue weighted by atomic mass is 9.76. The first-order valence-corrected chi connectivity index (χ1v) is 9.06. The van der Waals surface area contributed by atoms with E-state index in [1.165, 1.54) is 0 Å². The van der Waals surface area contributed by atoms with Crippen LogP contribution >= 0.6 is 0 Å². The Balaban J connectivity index is 1.48. The molecule has 4 N–H and O–H groups in total. The molecule has 0 aromatic heterocycles. The van der Waals surface area contributed by atoms with Crippen LogP contribution in [0.5, 0.6) is 0 Å². The van der Waals surface area contributed by atoms with Crippen LogP contribution in [0.25, 0.3) is 0 Å². The smallest absolute Gasteiger partial charge is 0.426 e. The molecular formula is C20H23BN2O4. The fourth-order valence-electron chi connectivity index (χ4n) is 3.08. The van der Waals surface area contributed by atoms with Gasteiger partial charge in [-0.1, -0.05) is 60.7 Å². The monoisotopic (exact) mass is 366 g/mol. The molecule has 7 heteroatoms. The summed E-state index contributed by atoms with van der Waals surface area (Å²) in [6, 6.07) is 18.9. The zero-order chi connectivity index (χ0) is 19.2. The third kappa shape index (κ3) is 5.42. The van der Waals surface area contributed by atoms with Gasteiger partial charge in [0.15, 0.2) is 0 Å². The first kappa shape index (κ1) is 19.1. The second-order valence-electron chi connectivity index (χ2n) is 6.87. The normalized spacial score (nSPS) is 19.0. The maximum Gasteiger partial charge on any atom is 0.475 e. The predicted octanol–water partition coefficient (Wildman–Crippen LogP) is 0.678. The van der Waals surface area contributed by atoms with E-state index in [0.29, 0.717) is 19.4 Å². The molecule has 2 aromatic rings. The number of nitrogens with one attached hydrogen (secondary N) is 2. The summed E-state index contributed by atoms with van der Waals surface area (Å²) < 4.78 is 0. The molecule has 1 saturated carbocycles. The maximum atomic E-state index is 12.4. The summed E-state index contributed by atoms with van der Waals surface area (Å²) in [6.07, 6.45) is 0.786. The zero-order valence-corrected chi connectivity index (χ0v) is 14.9. The largest absolute Gasteiger partial charge is 0.475 e. The van der Waals surface area contributed by atoms with Crippen LogP contribution in [0.2, 0.25) is 0 Å². The van der Waals surface area contributed by atoms with E-state index in [-0.39, 0.29) is 17.7 Å². The van der Waals surface area contributed by atoms with Crippen LogP contribution in [0.3, 0.4) is 0 Å². The number of carbonyl (C=O) groups is 2. The van der Waals surface area contributed by atoms with E-state index < -0.39 is 19.0 Å². The highest BCUT2D eigenvalue weighted by molar-refractivity contribution is 6.43. The summed E-state index contributed by atoms with van der Waals surface area (Å²) in [7, 11) is -1.67. The number of rotatable bonds is 8. The fraction of sp³-hybridized carbons (Fsp3) is 0.300. The van der Waals surface area contributed by atoms with Gasteiger partial charge >= 0.3 is 7.12 Å². The van der Waals surface area contributed by atoms with Crippen LogP contribution in [-0.2, 0) is 22.6 Å². The Morgan fingerprint density at radius 2 is 1.48 bits per heavy atom. The Morgan fingerprint density at radius 3 is 2.07 bits per heavy atom. The molecule has 3 rings (SSSR count). The molecule has 1 aliphatic carbocycles. The minimum atomic E-state index is -1.67. The Morgan fingerprint density at radius 1 is 0.926 bits per heavy atom. The SMILES string of the molecule is O=C(NCc1ccccc1)[C@@H]1C[C@H]1C(=O)N[C@@H](Cc1ccccc1)B(O)O. The van der Waals surface area contributed by atoms with Gasteiger partial charge in [0.2, 0.25) is 11.8 Å². The van der Waals surface area contributed by atoms with Gasteiger partial charge in [0.1, 0.15) is 0 Å². The average molecular weight is 366 g/mol. The number of carbonyl (C=O) groups excluding carboxylic acids is 2. The summed E-state index contributed by atoms with van der Waals surface area (Å²) in [5, 5.41) is 24.7. The summed E-state index contributed by atoms with van der Waals surface area (Å²) >= 11 is 0. The standard InChI is InChI=1S/C20H23BN2O4/c24-19(22-13-15-9-5-2-6-10-15)16-12-17(16)20(25)23-18(21(26)27)11-14-7-3-1-4-8-14/h1-10,16-18,26-27H,11-13H2,(H,22,24)(H,23,25)/t16-,17-,18+/m1/s1. The molecule has 1 aliphatic rings. The Bertz CT molecular complexity index is 770. The van der Waals surface area contributed by atoms with Gasteiger partial charge in [0.05, 0.1) is 17.8 Å². The molecule has 0 bridgehead atoms. The van der Waals surface area contributed by atoms with E-state index in [9.17, 15) is 19.6 Å². The summed E-state index contributed by atoms with van der Waals surface area (Å²) in [5.74, 6) is -2.06. The van der Waals surface area contributed by atoms with Crippen molar-refractivity contribution in [2.24, 2.45) is 11.8 Å². The molecule has 0 aliphatic heterocycles. The highest BCUT2D eigenvalue weighted by Crippen LogP contribution is 2.39. The van der Waals surface area contributed by atoms with Gasteiger partial charge in [-0.05, 0) is 24.0 Å². The first-order valence-electron chi connectivity index (χ1n) is 9.06. The molecule has 27 heavy (non-hydrogen) atoms. The third-order valence-corrected chi connectivity index (χ3v) is 4.76. The molecule has 0 heterocycles. The third-order valence-electron chi connectivity index (χ3n) is 4.76. The maximum absolute atomic E-state index is 12.4. The van der Waals surface area contributed by atoms with Crippen LogP contribution < -0.4 is 10.6 Å². The number of amides is 2. The van der Waals surface area contributed by atoms with Gasteiger partial charge in [-0.15, -0.1) is 0 Å². The van der Waals surface area contributed by atoms with Crippen molar-refractivity contribution < 1.29 is 19.6 Å². The molecule has 0 saturated heterocycles. The van der Waals surface area contributed by atoms with Gasteiger partial charge in [-0.2, -0.15) is 0 Å². The van der Waals surface area contributed by atoms with E-state index in [1.54, 1.807) is 0 Å². The Kier molecular flexibility index (Phi) is 6.26. The topological polar surface area (TPSA) is 98.7 Å². The van der Waals surface area contributed by atoms with E-state index in [4.69, 9.17) is 0 Å². The van der Waals surface area contributed by atoms with Crippen LogP contribution in [0, 0.1) is 11.8 Å². The Hall–Kier alpha value is -2.64. The van der Waals surface area contributed by atoms with Crippen molar-refractivity contribution >= 4 is 18.9 Å². The predicted molar refractivity (Wildman–Crippen MR) is 102 cm³/mol. The zero-order valence-electron chi connectivity index (χ0n) is 14.9. The van der Waals surface area contributed by atoms with E-state index in [2.05, 4.69) is 10.6 Å². The average Bonchev–Trinajstić information content (AvgIpc) is 3.48. The summed E-state index contributed by atoms with van der Waals surface area (Å²) in [5.41, 5.74) is 1.89. The molecule has 0 unspecified atom stereocenters. The van der Waals surface area contributed by atoms with Gasteiger partial charge in [-0.25, -0.2) is 0 Å². The number of hydrogen-bond donors (Lipinski definition) is 4. The molecule has 1 fully saturated rings. The van der Waals surface area contributed by atoms with Crippen molar-refractivity contribution in [3.05, 3.63) is 71.8 Å². The minimum absolute atomic E-state index is 0.150.